The van der Waals surface area contributed by atoms with Crippen molar-refractivity contribution in [1.29, 1.82) is 0 Å². The van der Waals surface area contributed by atoms with Crippen molar-refractivity contribution >= 4 is 5.91 Å². The van der Waals surface area contributed by atoms with E-state index in [1.807, 2.05) is 0 Å². The van der Waals surface area contributed by atoms with Crippen molar-refractivity contribution in [2.24, 2.45) is 7.05 Å². The first-order valence-electron chi connectivity index (χ1n) is 7.75. The molecule has 9 heteroatoms. The van der Waals surface area contributed by atoms with Crippen molar-refractivity contribution in [1.82, 2.24) is 24.9 Å². The van der Waals surface area contributed by atoms with Gasteiger partial charge in [0.2, 0.25) is 0 Å². The van der Waals surface area contributed by atoms with Crippen LogP contribution >= 0.6 is 0 Å². The minimum Gasteiger partial charge on any atom is -0.348 e. The second-order valence-corrected chi connectivity index (χ2v) is 5.74. The van der Waals surface area contributed by atoms with E-state index in [0.29, 0.717) is 22.6 Å². The smallest absolute Gasteiger partial charge is 0.348 e. The number of nitrogens with zero attached hydrogens (tertiary/aromatic N) is 4. The Morgan fingerprint density at radius 1 is 1.27 bits per heavy atom. The molecule has 2 aromatic heterocycles. The minimum absolute atomic E-state index is 0.0321. The van der Waals surface area contributed by atoms with Gasteiger partial charge in [0, 0.05) is 26.0 Å². The lowest BCUT2D eigenvalue weighted by molar-refractivity contribution is -0.137. The fourth-order valence-electron chi connectivity index (χ4n) is 2.70. The van der Waals surface area contributed by atoms with Crippen molar-refractivity contribution in [3.8, 4) is 5.82 Å². The molecule has 1 amide bonds. The number of halogens is 3. The lowest BCUT2D eigenvalue weighted by atomic mass is 10.1. The van der Waals surface area contributed by atoms with E-state index in [1.54, 1.807) is 32.4 Å². The quantitative estimate of drug-likeness (QED) is 0.775. The minimum atomic E-state index is -4.42. The molecule has 0 aliphatic carbocycles. The van der Waals surface area contributed by atoms with E-state index in [-0.39, 0.29) is 6.54 Å². The van der Waals surface area contributed by atoms with Crippen molar-refractivity contribution in [3.05, 3.63) is 65.1 Å². The molecular weight excluding hydrogens is 347 g/mol. The molecule has 0 spiro atoms. The maximum absolute atomic E-state index is 12.8. The number of rotatable bonds is 4. The molecule has 0 atom stereocenters. The van der Waals surface area contributed by atoms with Crippen LogP contribution in [0.5, 0.6) is 0 Å². The number of amides is 1. The second kappa shape index (κ2) is 6.66. The zero-order chi connectivity index (χ0) is 18.9. The summed E-state index contributed by atoms with van der Waals surface area (Å²) in [5, 5.41) is 11.0. The Kier molecular flexibility index (Phi) is 4.54. The Morgan fingerprint density at radius 2 is 2.04 bits per heavy atom. The third-order valence-corrected chi connectivity index (χ3v) is 3.85. The molecule has 0 aliphatic heterocycles. The number of alkyl halides is 3. The van der Waals surface area contributed by atoms with Gasteiger partial charge in [0.25, 0.3) is 5.91 Å². The van der Waals surface area contributed by atoms with E-state index >= 15 is 0 Å². The standard InChI is InChI=1S/C17H16F3N5O/c1-11-14(16(24(2)23-11)25-8-4-7-22-25)15(26)21-10-12-5-3-6-13(9-12)17(18,19)20/h3-9H,10H2,1-2H3,(H,21,26). The fraction of sp³-hybridized carbons (Fsp3) is 0.235. The first kappa shape index (κ1) is 17.7. The largest absolute Gasteiger partial charge is 0.416 e. The highest BCUT2D eigenvalue weighted by molar-refractivity contribution is 5.98. The predicted molar refractivity (Wildman–Crippen MR) is 87.7 cm³/mol. The lowest BCUT2D eigenvalue weighted by Crippen LogP contribution is -2.25. The molecule has 0 aliphatic rings. The van der Waals surface area contributed by atoms with Gasteiger partial charge in [0.05, 0.1) is 11.3 Å². The zero-order valence-electron chi connectivity index (χ0n) is 14.1. The van der Waals surface area contributed by atoms with Crippen LogP contribution in [0.15, 0.2) is 42.7 Å². The average Bonchev–Trinajstić information content (AvgIpc) is 3.19. The van der Waals surface area contributed by atoms with E-state index in [0.717, 1.165) is 12.1 Å². The summed E-state index contributed by atoms with van der Waals surface area (Å²) >= 11 is 0. The van der Waals surface area contributed by atoms with E-state index in [9.17, 15) is 18.0 Å². The first-order chi connectivity index (χ1) is 12.3. The van der Waals surface area contributed by atoms with Crippen molar-refractivity contribution < 1.29 is 18.0 Å². The van der Waals surface area contributed by atoms with Gasteiger partial charge in [-0.15, -0.1) is 0 Å². The van der Waals surface area contributed by atoms with Crippen molar-refractivity contribution in [2.75, 3.05) is 0 Å². The van der Waals surface area contributed by atoms with Gasteiger partial charge in [-0.05, 0) is 30.7 Å². The molecule has 6 nitrogen and oxygen atoms in total. The number of hydrogen-bond donors (Lipinski definition) is 1. The Labute approximate surface area is 147 Å². The molecule has 0 unspecified atom stereocenters. The molecule has 3 aromatic rings. The van der Waals surface area contributed by atoms with E-state index in [2.05, 4.69) is 15.5 Å². The SMILES string of the molecule is Cc1nn(C)c(-n2cccn2)c1C(=O)NCc1cccc(C(F)(F)F)c1. The van der Waals surface area contributed by atoms with Gasteiger partial charge >= 0.3 is 6.18 Å². The normalized spacial score (nSPS) is 11.6. The van der Waals surface area contributed by atoms with E-state index in [4.69, 9.17) is 0 Å². The third kappa shape index (κ3) is 3.46. The summed E-state index contributed by atoms with van der Waals surface area (Å²) in [5.41, 5.74) is 0.428. The van der Waals surface area contributed by atoms with Crippen molar-refractivity contribution in [2.45, 2.75) is 19.6 Å². The van der Waals surface area contributed by atoms with Crippen molar-refractivity contribution in [3.63, 3.8) is 0 Å². The van der Waals surface area contributed by atoms with Crippen LogP contribution < -0.4 is 5.32 Å². The summed E-state index contributed by atoms with van der Waals surface area (Å²) < 4.78 is 41.4. The van der Waals surface area contributed by atoms with Gasteiger partial charge in [0.15, 0.2) is 5.82 Å². The molecule has 3 rings (SSSR count). The summed E-state index contributed by atoms with van der Waals surface area (Å²) in [6, 6.07) is 6.57. The van der Waals surface area contributed by atoms with Crippen LogP contribution in [0.2, 0.25) is 0 Å². The Balaban J connectivity index is 1.82. The van der Waals surface area contributed by atoms with E-state index < -0.39 is 17.6 Å². The number of nitrogens with one attached hydrogen (secondary N) is 1. The van der Waals surface area contributed by atoms with Gasteiger partial charge < -0.3 is 5.32 Å². The van der Waals surface area contributed by atoms with Crippen LogP contribution in [0.4, 0.5) is 13.2 Å². The molecule has 1 aromatic carbocycles. The Hall–Kier alpha value is -3.10. The average molecular weight is 363 g/mol. The lowest BCUT2D eigenvalue weighted by Gasteiger charge is -2.10. The first-order valence-corrected chi connectivity index (χ1v) is 7.75. The highest BCUT2D eigenvalue weighted by atomic mass is 19.4. The number of carbonyl (C=O) groups is 1. The molecule has 136 valence electrons. The number of benzene rings is 1. The predicted octanol–water partition coefficient (Wildman–Crippen LogP) is 2.86. The highest BCUT2D eigenvalue weighted by Gasteiger charge is 2.30. The molecule has 1 N–H and O–H groups in total. The summed E-state index contributed by atoms with van der Waals surface area (Å²) in [4.78, 5) is 12.6. The molecule has 0 radical (unpaired) electrons. The number of hydrogen-bond acceptors (Lipinski definition) is 3. The van der Waals surface area contributed by atoms with Crippen LogP contribution in [0.3, 0.4) is 0 Å². The molecule has 26 heavy (non-hydrogen) atoms. The maximum atomic E-state index is 12.8. The fourth-order valence-corrected chi connectivity index (χ4v) is 2.70. The Morgan fingerprint density at radius 3 is 2.69 bits per heavy atom. The second-order valence-electron chi connectivity index (χ2n) is 5.74. The van der Waals surface area contributed by atoms with Gasteiger partial charge in [-0.25, -0.2) is 9.36 Å². The summed E-state index contributed by atoms with van der Waals surface area (Å²) in [5.74, 6) is 0.0487. The number of carbonyl (C=O) groups excluding carboxylic acids is 1. The number of aromatic nitrogens is 4. The van der Waals surface area contributed by atoms with E-state index in [1.165, 1.54) is 21.5 Å². The van der Waals surface area contributed by atoms with Gasteiger partial charge in [-0.3, -0.25) is 4.79 Å². The van der Waals surface area contributed by atoms with Gasteiger partial charge in [0.1, 0.15) is 5.56 Å². The highest BCUT2D eigenvalue weighted by Crippen LogP contribution is 2.29. The van der Waals surface area contributed by atoms with Crippen LogP contribution in [0.1, 0.15) is 27.2 Å². The van der Waals surface area contributed by atoms with Crippen LogP contribution in [0, 0.1) is 6.92 Å². The maximum Gasteiger partial charge on any atom is 0.416 e. The Bertz CT molecular complexity index is 929. The van der Waals surface area contributed by atoms with Crippen LogP contribution in [-0.2, 0) is 19.8 Å². The third-order valence-electron chi connectivity index (χ3n) is 3.85. The van der Waals surface area contributed by atoms with Gasteiger partial charge in [-0.2, -0.15) is 23.4 Å². The van der Waals surface area contributed by atoms with Gasteiger partial charge in [-0.1, -0.05) is 12.1 Å². The molecule has 0 bridgehead atoms. The molecule has 0 saturated heterocycles. The van der Waals surface area contributed by atoms with Crippen LogP contribution in [0.25, 0.3) is 5.82 Å². The summed E-state index contributed by atoms with van der Waals surface area (Å²) in [6.45, 7) is 1.65. The number of aryl methyl sites for hydroxylation is 2. The monoisotopic (exact) mass is 363 g/mol. The summed E-state index contributed by atoms with van der Waals surface area (Å²) in [7, 11) is 1.69. The zero-order valence-corrected chi connectivity index (χ0v) is 14.1. The summed E-state index contributed by atoms with van der Waals surface area (Å²) in [6.07, 6.45) is -1.17. The topological polar surface area (TPSA) is 64.7 Å². The molecule has 0 saturated carbocycles. The molecule has 0 fully saturated rings. The van der Waals surface area contributed by atoms with Crippen LogP contribution in [-0.4, -0.2) is 25.5 Å². The molecule has 2 heterocycles. The molecular formula is C17H16F3N5O.